The van der Waals surface area contributed by atoms with E-state index in [1.54, 1.807) is 0 Å². The maximum absolute atomic E-state index is 6.44. The minimum absolute atomic E-state index is 0.596. The van der Waals surface area contributed by atoms with Gasteiger partial charge in [0.25, 0.3) is 0 Å². The van der Waals surface area contributed by atoms with Gasteiger partial charge >= 0.3 is 0 Å². The van der Waals surface area contributed by atoms with Crippen molar-refractivity contribution in [3.63, 3.8) is 0 Å². The first-order valence-corrected chi connectivity index (χ1v) is 17.8. The topological polar surface area (TPSA) is 51.8 Å². The number of nitrogens with zero attached hydrogens (tertiary/aromatic N) is 3. The van der Waals surface area contributed by atoms with Crippen LogP contribution in [0.25, 0.3) is 100 Å². The van der Waals surface area contributed by atoms with E-state index in [9.17, 15) is 0 Å². The van der Waals surface area contributed by atoms with Crippen LogP contribution >= 0.6 is 0 Å². The SMILES string of the molecule is c1ccc(-c2ccc(-c3nc(-c4ccccc4)nc(-c4cccc5oc6ccc(-c7ccc(-c8cccc9ccccc89)cc7)cc6c45)n3)cc2)cc1. The minimum Gasteiger partial charge on any atom is -0.456 e. The smallest absolute Gasteiger partial charge is 0.164 e. The first kappa shape index (κ1) is 30.6. The molecule has 0 aliphatic carbocycles. The summed E-state index contributed by atoms with van der Waals surface area (Å²) in [5, 5.41) is 4.49. The molecule has 0 radical (unpaired) electrons. The Morgan fingerprint density at radius 1 is 0.302 bits per heavy atom. The fourth-order valence-corrected chi connectivity index (χ4v) is 7.30. The van der Waals surface area contributed by atoms with Gasteiger partial charge in [-0.1, -0.05) is 170 Å². The van der Waals surface area contributed by atoms with Crippen LogP contribution in [0.2, 0.25) is 0 Å². The Kier molecular flexibility index (Phi) is 7.43. The molecule has 0 saturated heterocycles. The van der Waals surface area contributed by atoms with Gasteiger partial charge in [0.2, 0.25) is 0 Å². The van der Waals surface area contributed by atoms with Crippen molar-refractivity contribution in [1.29, 1.82) is 0 Å². The zero-order valence-corrected chi connectivity index (χ0v) is 28.6. The van der Waals surface area contributed by atoms with Gasteiger partial charge in [-0.05, 0) is 62.4 Å². The van der Waals surface area contributed by atoms with E-state index in [1.807, 2.05) is 48.5 Å². The molecule has 0 spiro atoms. The van der Waals surface area contributed by atoms with E-state index in [-0.39, 0.29) is 0 Å². The lowest BCUT2D eigenvalue weighted by atomic mass is 9.95. The molecule has 0 bridgehead atoms. The van der Waals surface area contributed by atoms with Crippen molar-refractivity contribution in [2.24, 2.45) is 0 Å². The van der Waals surface area contributed by atoms with Gasteiger partial charge in [0.1, 0.15) is 11.2 Å². The van der Waals surface area contributed by atoms with Gasteiger partial charge in [-0.15, -0.1) is 0 Å². The normalized spacial score (nSPS) is 11.4. The molecule has 0 fully saturated rings. The van der Waals surface area contributed by atoms with Crippen LogP contribution < -0.4 is 0 Å². The number of rotatable bonds is 6. The van der Waals surface area contributed by atoms with E-state index < -0.39 is 0 Å². The fraction of sp³-hybridized carbons (Fsp3) is 0. The van der Waals surface area contributed by atoms with Crippen LogP contribution in [-0.4, -0.2) is 15.0 Å². The highest BCUT2D eigenvalue weighted by molar-refractivity contribution is 6.12. The molecule has 10 rings (SSSR count). The first-order valence-electron chi connectivity index (χ1n) is 17.8. The van der Waals surface area contributed by atoms with E-state index in [2.05, 4.69) is 140 Å². The van der Waals surface area contributed by atoms with Gasteiger partial charge in [0.05, 0.1) is 0 Å². The van der Waals surface area contributed by atoms with Crippen LogP contribution in [0.15, 0.2) is 192 Å². The Balaban J connectivity index is 1.08. The lowest BCUT2D eigenvalue weighted by Crippen LogP contribution is -2.00. The summed E-state index contributed by atoms with van der Waals surface area (Å²) in [6.07, 6.45) is 0. The standard InChI is InChI=1S/C49H31N3O/c1-3-11-32(12-4-1)33-23-27-38(28-24-33)48-50-47(37-14-5-2-6-15-37)51-49(52-48)42-19-10-20-45-46(42)43-31-39(29-30-44(43)53-45)34-21-25-36(26-22-34)41-18-9-16-35-13-7-8-17-40(35)41/h1-31H. The molecular formula is C49H31N3O. The van der Waals surface area contributed by atoms with Crippen molar-refractivity contribution < 1.29 is 4.42 Å². The van der Waals surface area contributed by atoms with Gasteiger partial charge < -0.3 is 4.42 Å². The zero-order valence-electron chi connectivity index (χ0n) is 28.6. The third-order valence-corrected chi connectivity index (χ3v) is 9.97. The van der Waals surface area contributed by atoms with Crippen molar-refractivity contribution in [2.45, 2.75) is 0 Å². The highest BCUT2D eigenvalue weighted by Gasteiger charge is 2.18. The van der Waals surface area contributed by atoms with E-state index in [0.29, 0.717) is 17.5 Å². The molecule has 0 saturated carbocycles. The molecule has 4 heteroatoms. The summed E-state index contributed by atoms with van der Waals surface area (Å²) in [5.74, 6) is 1.83. The second-order valence-corrected chi connectivity index (χ2v) is 13.2. The molecule has 10 aromatic rings. The molecule has 0 aliphatic heterocycles. The summed E-state index contributed by atoms with van der Waals surface area (Å²) in [5.41, 5.74) is 11.3. The monoisotopic (exact) mass is 677 g/mol. The predicted molar refractivity (Wildman–Crippen MR) is 217 cm³/mol. The van der Waals surface area contributed by atoms with Crippen LogP contribution in [-0.2, 0) is 0 Å². The summed E-state index contributed by atoms with van der Waals surface area (Å²) in [4.78, 5) is 15.2. The van der Waals surface area contributed by atoms with Gasteiger partial charge in [-0.25, -0.2) is 15.0 Å². The number of hydrogen-bond acceptors (Lipinski definition) is 4. The summed E-state index contributed by atoms with van der Waals surface area (Å²) < 4.78 is 6.44. The molecule has 0 unspecified atom stereocenters. The Morgan fingerprint density at radius 3 is 1.57 bits per heavy atom. The quantitative estimate of drug-likeness (QED) is 0.176. The van der Waals surface area contributed by atoms with Crippen LogP contribution in [0.1, 0.15) is 0 Å². The fourth-order valence-electron chi connectivity index (χ4n) is 7.30. The zero-order chi connectivity index (χ0) is 35.1. The molecule has 8 aromatic carbocycles. The number of hydrogen-bond donors (Lipinski definition) is 0. The average molecular weight is 678 g/mol. The van der Waals surface area contributed by atoms with E-state index in [1.165, 1.54) is 27.5 Å². The second-order valence-electron chi connectivity index (χ2n) is 13.2. The van der Waals surface area contributed by atoms with Gasteiger partial charge in [0.15, 0.2) is 17.5 Å². The lowest BCUT2D eigenvalue weighted by molar-refractivity contribution is 0.669. The summed E-state index contributed by atoms with van der Waals surface area (Å²) in [6.45, 7) is 0. The summed E-state index contributed by atoms with van der Waals surface area (Å²) in [7, 11) is 0. The van der Waals surface area contributed by atoms with Crippen LogP contribution in [0.3, 0.4) is 0 Å². The highest BCUT2D eigenvalue weighted by atomic mass is 16.3. The van der Waals surface area contributed by atoms with Gasteiger partial charge in [0, 0.05) is 27.5 Å². The maximum Gasteiger partial charge on any atom is 0.164 e. The van der Waals surface area contributed by atoms with Crippen LogP contribution in [0.4, 0.5) is 0 Å². The molecular weight excluding hydrogens is 647 g/mol. The molecule has 2 aromatic heterocycles. The Labute approximate surface area is 306 Å². The van der Waals surface area contributed by atoms with Crippen molar-refractivity contribution in [1.82, 2.24) is 15.0 Å². The number of furan rings is 1. The van der Waals surface area contributed by atoms with Crippen molar-refractivity contribution in [3.05, 3.63) is 188 Å². The third kappa shape index (κ3) is 5.63. The molecule has 2 heterocycles. The van der Waals surface area contributed by atoms with E-state index in [4.69, 9.17) is 19.4 Å². The van der Waals surface area contributed by atoms with E-state index in [0.717, 1.165) is 55.3 Å². The largest absolute Gasteiger partial charge is 0.456 e. The van der Waals surface area contributed by atoms with Crippen molar-refractivity contribution in [2.75, 3.05) is 0 Å². The summed E-state index contributed by atoms with van der Waals surface area (Å²) >= 11 is 0. The maximum atomic E-state index is 6.44. The Bertz CT molecular complexity index is 2910. The number of fused-ring (bicyclic) bond motifs is 4. The molecule has 4 nitrogen and oxygen atoms in total. The summed E-state index contributed by atoms with van der Waals surface area (Å²) in [6, 6.07) is 65.2. The highest BCUT2D eigenvalue weighted by Crippen LogP contribution is 2.39. The lowest BCUT2D eigenvalue weighted by Gasteiger charge is -2.10. The predicted octanol–water partition coefficient (Wildman–Crippen LogP) is 12.9. The molecule has 0 atom stereocenters. The van der Waals surface area contributed by atoms with Crippen LogP contribution in [0.5, 0.6) is 0 Å². The molecule has 248 valence electrons. The second kappa shape index (κ2) is 12.9. The van der Waals surface area contributed by atoms with Gasteiger partial charge in [-0.2, -0.15) is 0 Å². The first-order chi connectivity index (χ1) is 26.2. The van der Waals surface area contributed by atoms with E-state index >= 15 is 0 Å². The number of aromatic nitrogens is 3. The van der Waals surface area contributed by atoms with Gasteiger partial charge in [-0.3, -0.25) is 0 Å². The molecule has 53 heavy (non-hydrogen) atoms. The van der Waals surface area contributed by atoms with Crippen molar-refractivity contribution >= 4 is 32.7 Å². The van der Waals surface area contributed by atoms with Crippen molar-refractivity contribution in [3.8, 4) is 67.5 Å². The molecule has 0 aliphatic rings. The average Bonchev–Trinajstić information content (AvgIpc) is 3.62. The molecule has 0 N–H and O–H groups in total. The molecule has 0 amide bonds. The minimum atomic E-state index is 0.596. The third-order valence-electron chi connectivity index (χ3n) is 9.97. The Morgan fingerprint density at radius 2 is 0.811 bits per heavy atom. The van der Waals surface area contributed by atoms with Crippen LogP contribution in [0, 0.1) is 0 Å². The Hall–Kier alpha value is -7.17. The number of benzene rings is 8.